The summed E-state index contributed by atoms with van der Waals surface area (Å²) in [5.41, 5.74) is 0. The van der Waals surface area contributed by atoms with Crippen molar-refractivity contribution in [3.63, 3.8) is 0 Å². The minimum atomic E-state index is -1.25. The van der Waals surface area contributed by atoms with Gasteiger partial charge in [-0.3, -0.25) is 9.68 Å². The van der Waals surface area contributed by atoms with Crippen molar-refractivity contribution in [3.05, 3.63) is 20.2 Å². The number of hydrogen-bond acceptors (Lipinski definition) is 8. The summed E-state index contributed by atoms with van der Waals surface area (Å²) in [6, 6.07) is 0. The smallest absolute Gasteiger partial charge is 0.279 e. The molecule has 0 aromatic carbocycles. The maximum atomic E-state index is 9.97. The van der Waals surface area contributed by atoms with Crippen LogP contribution >= 0.6 is 0 Å². The number of rotatable bonds is 9. The van der Waals surface area contributed by atoms with E-state index in [-0.39, 0.29) is 12.8 Å². The average Bonchev–Trinajstić information content (AvgIpc) is 2.20. The first-order valence-corrected chi connectivity index (χ1v) is 4.44. The Morgan fingerprint density at radius 2 is 1.25 bits per heavy atom. The molecular formula is C6H12N2O8. The van der Waals surface area contributed by atoms with Gasteiger partial charge in [-0.1, -0.05) is 13.8 Å². The molecule has 0 aromatic heterocycles. The van der Waals surface area contributed by atoms with E-state index in [1.807, 2.05) is 0 Å². The molecule has 0 saturated heterocycles. The van der Waals surface area contributed by atoms with Gasteiger partial charge in [0.15, 0.2) is 0 Å². The highest BCUT2D eigenvalue weighted by Crippen LogP contribution is 2.07. The Labute approximate surface area is 90.2 Å². The maximum Gasteiger partial charge on any atom is 0.297 e. The SMILES string of the molecule is CCC(OOC(CC)O[N+](=O)[O-])O[N+](=O)[O-]. The van der Waals surface area contributed by atoms with Crippen molar-refractivity contribution >= 4 is 0 Å². The summed E-state index contributed by atoms with van der Waals surface area (Å²) in [6.07, 6.45) is -2.23. The minimum absolute atomic E-state index is 0.135. The predicted octanol–water partition coefficient (Wildman–Crippen LogP) is 0.823. The van der Waals surface area contributed by atoms with Crippen molar-refractivity contribution in [1.29, 1.82) is 0 Å². The van der Waals surface area contributed by atoms with E-state index in [0.717, 1.165) is 0 Å². The molecule has 10 heteroatoms. The maximum absolute atomic E-state index is 9.97. The molecule has 0 amide bonds. The highest BCUT2D eigenvalue weighted by molar-refractivity contribution is 4.33. The van der Waals surface area contributed by atoms with E-state index >= 15 is 0 Å². The van der Waals surface area contributed by atoms with Crippen molar-refractivity contribution in [2.75, 3.05) is 0 Å². The molecule has 0 aliphatic heterocycles. The van der Waals surface area contributed by atoms with Crippen LogP contribution in [0.15, 0.2) is 0 Å². The summed E-state index contributed by atoms with van der Waals surface area (Å²) in [6.45, 7) is 3.10. The molecule has 10 nitrogen and oxygen atoms in total. The van der Waals surface area contributed by atoms with Crippen LogP contribution in [0.5, 0.6) is 0 Å². The van der Waals surface area contributed by atoms with E-state index in [1.54, 1.807) is 13.8 Å². The normalized spacial score (nSPS) is 13.9. The van der Waals surface area contributed by atoms with Crippen LogP contribution in [0, 0.1) is 20.2 Å². The lowest BCUT2D eigenvalue weighted by Crippen LogP contribution is -2.26. The van der Waals surface area contributed by atoms with Gasteiger partial charge >= 0.3 is 0 Å². The molecule has 0 radical (unpaired) electrons. The Morgan fingerprint density at radius 1 is 0.938 bits per heavy atom. The van der Waals surface area contributed by atoms with E-state index in [0.29, 0.717) is 0 Å². The molecule has 94 valence electrons. The number of hydrogen-bond donors (Lipinski definition) is 0. The molecule has 0 fully saturated rings. The van der Waals surface area contributed by atoms with Gasteiger partial charge in [0.1, 0.15) is 0 Å². The summed E-state index contributed by atoms with van der Waals surface area (Å²) in [4.78, 5) is 37.0. The zero-order valence-corrected chi connectivity index (χ0v) is 8.73. The largest absolute Gasteiger partial charge is 0.297 e. The topological polar surface area (TPSA) is 123 Å². The fraction of sp³-hybridized carbons (Fsp3) is 1.00. The summed E-state index contributed by atoms with van der Waals surface area (Å²) >= 11 is 0. The molecule has 0 heterocycles. The first-order chi connectivity index (χ1) is 7.49. The van der Waals surface area contributed by atoms with Gasteiger partial charge in [0.25, 0.3) is 10.2 Å². The highest BCUT2D eigenvalue weighted by Gasteiger charge is 2.18. The Morgan fingerprint density at radius 3 is 1.44 bits per heavy atom. The second kappa shape index (κ2) is 7.59. The third kappa shape index (κ3) is 6.73. The summed E-state index contributed by atoms with van der Waals surface area (Å²) in [5.74, 6) is 0. The first-order valence-electron chi connectivity index (χ1n) is 4.44. The van der Waals surface area contributed by atoms with Crippen molar-refractivity contribution < 1.29 is 29.6 Å². The van der Waals surface area contributed by atoms with Crippen LogP contribution in [-0.4, -0.2) is 22.8 Å². The lowest BCUT2D eigenvalue weighted by molar-refractivity contribution is -0.806. The Hall–Kier alpha value is -1.68. The standard InChI is InChI=1S/C6H12N2O8/c1-3-5(13-7(9)10)15-16-6(4-2)14-8(11)12/h5-6H,3-4H2,1-2H3. The van der Waals surface area contributed by atoms with E-state index in [1.165, 1.54) is 0 Å². The minimum Gasteiger partial charge on any atom is -0.279 e. The zero-order valence-electron chi connectivity index (χ0n) is 8.73. The second-order valence-corrected chi connectivity index (χ2v) is 2.53. The molecule has 2 unspecified atom stereocenters. The van der Waals surface area contributed by atoms with Gasteiger partial charge in [-0.2, -0.15) is 0 Å². The molecule has 0 bridgehead atoms. The monoisotopic (exact) mass is 240 g/mol. The molecule has 0 spiro atoms. The van der Waals surface area contributed by atoms with Gasteiger partial charge in [-0.25, -0.2) is 9.78 Å². The van der Waals surface area contributed by atoms with Crippen LogP contribution in [0.4, 0.5) is 0 Å². The first kappa shape index (κ1) is 14.3. The summed E-state index contributed by atoms with van der Waals surface area (Å²) in [7, 11) is 0. The lowest BCUT2D eigenvalue weighted by Gasteiger charge is -2.16. The molecular weight excluding hydrogens is 228 g/mol. The lowest BCUT2D eigenvalue weighted by atomic mass is 10.5. The molecule has 0 N–H and O–H groups in total. The van der Waals surface area contributed by atoms with Gasteiger partial charge < -0.3 is 0 Å². The Balaban J connectivity index is 3.96. The van der Waals surface area contributed by atoms with E-state index in [2.05, 4.69) is 19.5 Å². The third-order valence-electron chi connectivity index (χ3n) is 1.34. The third-order valence-corrected chi connectivity index (χ3v) is 1.34. The number of nitrogens with zero attached hydrogens (tertiary/aromatic N) is 2. The van der Waals surface area contributed by atoms with Crippen LogP contribution in [0.25, 0.3) is 0 Å². The Kier molecular flexibility index (Phi) is 6.79. The summed E-state index contributed by atoms with van der Waals surface area (Å²) in [5, 5.41) is 17.8. The van der Waals surface area contributed by atoms with Crippen LogP contribution in [0.3, 0.4) is 0 Å². The Bertz CT molecular complexity index is 211. The molecule has 2 atom stereocenters. The van der Waals surface area contributed by atoms with Crippen molar-refractivity contribution in [3.8, 4) is 0 Å². The van der Waals surface area contributed by atoms with Crippen molar-refractivity contribution in [2.45, 2.75) is 39.3 Å². The average molecular weight is 240 g/mol. The molecule has 0 aliphatic rings. The molecule has 16 heavy (non-hydrogen) atoms. The van der Waals surface area contributed by atoms with Crippen LogP contribution in [-0.2, 0) is 19.5 Å². The van der Waals surface area contributed by atoms with Gasteiger partial charge in [-0.15, -0.1) is 20.2 Å². The van der Waals surface area contributed by atoms with Gasteiger partial charge in [0, 0.05) is 0 Å². The van der Waals surface area contributed by atoms with Crippen LogP contribution < -0.4 is 0 Å². The second-order valence-electron chi connectivity index (χ2n) is 2.53. The summed E-state index contributed by atoms with van der Waals surface area (Å²) < 4.78 is 0. The molecule has 0 aromatic rings. The van der Waals surface area contributed by atoms with E-state index in [9.17, 15) is 20.2 Å². The van der Waals surface area contributed by atoms with Crippen LogP contribution in [0.2, 0.25) is 0 Å². The van der Waals surface area contributed by atoms with Crippen molar-refractivity contribution in [2.24, 2.45) is 0 Å². The van der Waals surface area contributed by atoms with Gasteiger partial charge in [-0.05, 0) is 12.8 Å². The van der Waals surface area contributed by atoms with Crippen LogP contribution in [0.1, 0.15) is 26.7 Å². The molecule has 0 saturated carbocycles. The fourth-order valence-corrected chi connectivity index (χ4v) is 0.636. The van der Waals surface area contributed by atoms with Gasteiger partial charge in [0.2, 0.25) is 12.6 Å². The van der Waals surface area contributed by atoms with E-state index in [4.69, 9.17) is 0 Å². The predicted molar refractivity (Wildman–Crippen MR) is 46.5 cm³/mol. The fourth-order valence-electron chi connectivity index (χ4n) is 0.636. The van der Waals surface area contributed by atoms with Gasteiger partial charge in [0.05, 0.1) is 0 Å². The zero-order chi connectivity index (χ0) is 12.6. The highest BCUT2D eigenvalue weighted by atomic mass is 17.3. The quantitative estimate of drug-likeness (QED) is 0.251. The molecule has 0 aliphatic carbocycles. The van der Waals surface area contributed by atoms with Crippen molar-refractivity contribution in [1.82, 2.24) is 0 Å². The molecule has 0 rings (SSSR count). The van der Waals surface area contributed by atoms with E-state index < -0.39 is 22.8 Å².